The van der Waals surface area contributed by atoms with Crippen molar-refractivity contribution in [3.8, 4) is 0 Å². The fraction of sp³-hybridized carbons (Fsp3) is 0.533. The van der Waals surface area contributed by atoms with E-state index in [1.807, 2.05) is 0 Å². The number of hydrogen-bond acceptors (Lipinski definition) is 2. The Kier molecular flexibility index (Phi) is 5.27. The Bertz CT molecular complexity index is 505. The van der Waals surface area contributed by atoms with Gasteiger partial charge in [0.05, 0.1) is 10.8 Å². The van der Waals surface area contributed by atoms with Gasteiger partial charge in [-0.3, -0.25) is 4.79 Å². The number of thioether (sulfide) groups is 1. The Morgan fingerprint density at radius 3 is 2.85 bits per heavy atom. The van der Waals surface area contributed by atoms with Crippen molar-refractivity contribution in [2.45, 2.75) is 44.0 Å². The first-order valence-corrected chi connectivity index (χ1v) is 8.47. The smallest absolute Gasteiger partial charge is 0.230 e. The van der Waals surface area contributed by atoms with E-state index < -0.39 is 0 Å². The minimum absolute atomic E-state index is 0.0637. The lowest BCUT2D eigenvalue weighted by molar-refractivity contribution is -0.119. The number of benzene rings is 1. The molecule has 1 aliphatic rings. The van der Waals surface area contributed by atoms with Crippen LogP contribution in [0.25, 0.3) is 0 Å². The maximum Gasteiger partial charge on any atom is 0.230 e. The van der Waals surface area contributed by atoms with E-state index in [4.69, 9.17) is 23.2 Å². The van der Waals surface area contributed by atoms with Gasteiger partial charge in [-0.2, -0.15) is 0 Å². The largest absolute Gasteiger partial charge is 0.353 e. The van der Waals surface area contributed by atoms with E-state index >= 15 is 0 Å². The zero-order chi connectivity index (χ0) is 14.8. The van der Waals surface area contributed by atoms with E-state index in [0.717, 1.165) is 17.7 Å². The number of rotatable bonds is 4. The second kappa shape index (κ2) is 6.59. The van der Waals surface area contributed by atoms with Gasteiger partial charge >= 0.3 is 0 Å². The molecule has 0 radical (unpaired) electrons. The number of halogens is 2. The van der Waals surface area contributed by atoms with Crippen LogP contribution in [0.3, 0.4) is 0 Å². The highest BCUT2D eigenvalue weighted by molar-refractivity contribution is 8.00. The molecule has 1 amide bonds. The zero-order valence-electron chi connectivity index (χ0n) is 11.7. The van der Waals surface area contributed by atoms with Crippen molar-refractivity contribution in [3.63, 3.8) is 0 Å². The van der Waals surface area contributed by atoms with Crippen LogP contribution in [-0.2, 0) is 4.79 Å². The monoisotopic (exact) mass is 331 g/mol. The molecule has 1 unspecified atom stereocenters. The summed E-state index contributed by atoms with van der Waals surface area (Å²) < 4.78 is 0. The third-order valence-corrected chi connectivity index (χ3v) is 5.32. The second-order valence-electron chi connectivity index (χ2n) is 6.03. The molecule has 2 nitrogen and oxygen atoms in total. The Morgan fingerprint density at radius 2 is 2.20 bits per heavy atom. The number of nitrogens with one attached hydrogen (secondary N) is 1. The van der Waals surface area contributed by atoms with Gasteiger partial charge in [0.1, 0.15) is 0 Å². The molecule has 1 aliphatic carbocycles. The van der Waals surface area contributed by atoms with E-state index in [0.29, 0.717) is 27.3 Å². The van der Waals surface area contributed by atoms with Crippen molar-refractivity contribution in [2.24, 2.45) is 5.41 Å². The van der Waals surface area contributed by atoms with E-state index in [1.54, 1.807) is 18.2 Å². The average molecular weight is 332 g/mol. The van der Waals surface area contributed by atoms with E-state index in [9.17, 15) is 4.79 Å². The van der Waals surface area contributed by atoms with Crippen molar-refractivity contribution in [1.82, 2.24) is 5.32 Å². The van der Waals surface area contributed by atoms with Crippen molar-refractivity contribution in [2.75, 3.05) is 5.75 Å². The molecule has 110 valence electrons. The molecule has 1 fully saturated rings. The molecule has 0 bridgehead atoms. The minimum atomic E-state index is 0.0637. The molecule has 5 heteroatoms. The fourth-order valence-electron chi connectivity index (χ4n) is 2.56. The molecule has 20 heavy (non-hydrogen) atoms. The van der Waals surface area contributed by atoms with Gasteiger partial charge in [0.2, 0.25) is 5.91 Å². The van der Waals surface area contributed by atoms with Gasteiger partial charge in [-0.15, -0.1) is 11.8 Å². The SMILES string of the molecule is CC1(C)CCC(NC(=O)CSc2cc(Cl)ccc2Cl)C1. The lowest BCUT2D eigenvalue weighted by atomic mass is 9.92. The summed E-state index contributed by atoms with van der Waals surface area (Å²) in [6, 6.07) is 5.60. The predicted molar refractivity (Wildman–Crippen MR) is 86.7 cm³/mol. The molecule has 0 aliphatic heterocycles. The third kappa shape index (κ3) is 4.57. The first-order valence-electron chi connectivity index (χ1n) is 6.73. The number of carbonyl (C=O) groups is 1. The summed E-state index contributed by atoms with van der Waals surface area (Å²) in [6.07, 6.45) is 3.30. The van der Waals surface area contributed by atoms with Crippen molar-refractivity contribution in [3.05, 3.63) is 28.2 Å². The highest BCUT2D eigenvalue weighted by Crippen LogP contribution is 2.37. The van der Waals surface area contributed by atoms with Gasteiger partial charge in [-0.05, 0) is 42.9 Å². The molecule has 2 rings (SSSR count). The van der Waals surface area contributed by atoms with Gasteiger partial charge in [0.15, 0.2) is 0 Å². The molecule has 1 N–H and O–H groups in total. The van der Waals surface area contributed by atoms with Gasteiger partial charge in [0.25, 0.3) is 0 Å². The first kappa shape index (κ1) is 16.0. The third-order valence-electron chi connectivity index (χ3n) is 3.59. The molecule has 0 spiro atoms. The van der Waals surface area contributed by atoms with Crippen LogP contribution in [0.1, 0.15) is 33.1 Å². The standard InChI is InChI=1S/C15H19Cl2NOS/c1-15(2)6-5-11(8-15)18-14(19)9-20-13-7-10(16)3-4-12(13)17/h3-4,7,11H,5-6,8-9H2,1-2H3,(H,18,19). The van der Waals surface area contributed by atoms with Crippen LogP contribution < -0.4 is 5.32 Å². The Labute approximate surface area is 134 Å². The highest BCUT2D eigenvalue weighted by atomic mass is 35.5. The Hall–Kier alpha value is -0.380. The zero-order valence-corrected chi connectivity index (χ0v) is 14.0. The average Bonchev–Trinajstić information content (AvgIpc) is 2.70. The lowest BCUT2D eigenvalue weighted by Crippen LogP contribution is -2.34. The lowest BCUT2D eigenvalue weighted by Gasteiger charge is -2.17. The van der Waals surface area contributed by atoms with Gasteiger partial charge in [-0.1, -0.05) is 37.0 Å². The Morgan fingerprint density at radius 1 is 1.45 bits per heavy atom. The number of carbonyl (C=O) groups excluding carboxylic acids is 1. The van der Waals surface area contributed by atoms with E-state index in [2.05, 4.69) is 19.2 Å². The molecule has 1 aromatic carbocycles. The summed E-state index contributed by atoms with van der Waals surface area (Å²) in [7, 11) is 0. The van der Waals surface area contributed by atoms with E-state index in [-0.39, 0.29) is 5.91 Å². The first-order chi connectivity index (χ1) is 9.35. The maximum absolute atomic E-state index is 12.0. The molecule has 1 atom stereocenters. The van der Waals surface area contributed by atoms with Crippen molar-refractivity contribution in [1.29, 1.82) is 0 Å². The van der Waals surface area contributed by atoms with Crippen LogP contribution in [0.4, 0.5) is 0 Å². The molecular formula is C15H19Cl2NOS. The van der Waals surface area contributed by atoms with Crippen LogP contribution in [0.2, 0.25) is 10.0 Å². The van der Waals surface area contributed by atoms with Crippen molar-refractivity contribution >= 4 is 40.9 Å². The Balaban J connectivity index is 1.82. The van der Waals surface area contributed by atoms with Crippen LogP contribution in [0, 0.1) is 5.41 Å². The van der Waals surface area contributed by atoms with Crippen LogP contribution in [0.5, 0.6) is 0 Å². The maximum atomic E-state index is 12.0. The quantitative estimate of drug-likeness (QED) is 0.804. The second-order valence-corrected chi connectivity index (χ2v) is 7.90. The summed E-state index contributed by atoms with van der Waals surface area (Å²) in [5, 5.41) is 4.37. The van der Waals surface area contributed by atoms with E-state index in [1.165, 1.54) is 18.2 Å². The molecular weight excluding hydrogens is 313 g/mol. The molecule has 0 aromatic heterocycles. The van der Waals surface area contributed by atoms with Gasteiger partial charge in [-0.25, -0.2) is 0 Å². The minimum Gasteiger partial charge on any atom is -0.353 e. The molecule has 0 saturated heterocycles. The highest BCUT2D eigenvalue weighted by Gasteiger charge is 2.31. The van der Waals surface area contributed by atoms with Gasteiger partial charge in [0, 0.05) is 16.0 Å². The van der Waals surface area contributed by atoms with Crippen LogP contribution in [-0.4, -0.2) is 17.7 Å². The number of amides is 1. The van der Waals surface area contributed by atoms with Crippen LogP contribution >= 0.6 is 35.0 Å². The van der Waals surface area contributed by atoms with Crippen LogP contribution in [0.15, 0.2) is 23.1 Å². The summed E-state index contributed by atoms with van der Waals surface area (Å²) in [4.78, 5) is 12.8. The molecule has 1 aromatic rings. The van der Waals surface area contributed by atoms with Gasteiger partial charge < -0.3 is 5.32 Å². The summed E-state index contributed by atoms with van der Waals surface area (Å²) in [5.41, 5.74) is 0.349. The fourth-order valence-corrected chi connectivity index (χ4v) is 3.86. The summed E-state index contributed by atoms with van der Waals surface area (Å²) in [6.45, 7) is 4.50. The predicted octanol–water partition coefficient (Wildman–Crippen LogP) is 4.78. The topological polar surface area (TPSA) is 29.1 Å². The number of hydrogen-bond donors (Lipinski definition) is 1. The summed E-state index contributed by atoms with van der Waals surface area (Å²) in [5.74, 6) is 0.436. The normalized spacial score (nSPS) is 20.9. The molecule has 1 saturated carbocycles. The summed E-state index contributed by atoms with van der Waals surface area (Å²) >= 11 is 13.4. The molecule has 0 heterocycles. The van der Waals surface area contributed by atoms with Crippen molar-refractivity contribution < 1.29 is 4.79 Å².